The summed E-state index contributed by atoms with van der Waals surface area (Å²) in [6.07, 6.45) is 0.969. The molecule has 1 atom stereocenters. The van der Waals surface area contributed by atoms with Crippen molar-refractivity contribution in [1.82, 2.24) is 14.8 Å². The number of aliphatic hydroxyl groups excluding tert-OH is 1. The predicted octanol–water partition coefficient (Wildman–Crippen LogP) is 3.07. The van der Waals surface area contributed by atoms with Gasteiger partial charge in [-0.05, 0) is 36.7 Å². The molecule has 6 heteroatoms. The molecule has 0 radical (unpaired) electrons. The Labute approximate surface area is 112 Å². The standard InChI is InChI=1S/C11H14BrN3OS/c1-6(2)15-10(8(12)4-13-15)11(16)9-5-17-7(3)14-9/h4-6,11,16H,1-3H3. The van der Waals surface area contributed by atoms with Crippen molar-refractivity contribution in [3.63, 3.8) is 0 Å². The zero-order valence-corrected chi connectivity index (χ0v) is 12.3. The number of nitrogens with zero attached hydrogens (tertiary/aromatic N) is 3. The molecule has 0 saturated heterocycles. The van der Waals surface area contributed by atoms with Crippen LogP contribution in [0.5, 0.6) is 0 Å². The first kappa shape index (κ1) is 12.7. The number of halogens is 1. The summed E-state index contributed by atoms with van der Waals surface area (Å²) in [5.74, 6) is 0. The van der Waals surface area contributed by atoms with Gasteiger partial charge in [-0.25, -0.2) is 4.98 Å². The van der Waals surface area contributed by atoms with Crippen LogP contribution in [-0.4, -0.2) is 19.9 Å². The Balaban J connectivity index is 2.43. The highest BCUT2D eigenvalue weighted by molar-refractivity contribution is 9.10. The van der Waals surface area contributed by atoms with Crippen molar-refractivity contribution < 1.29 is 5.11 Å². The van der Waals surface area contributed by atoms with E-state index in [1.807, 2.05) is 30.8 Å². The number of hydrogen-bond donors (Lipinski definition) is 1. The maximum absolute atomic E-state index is 10.4. The van der Waals surface area contributed by atoms with Crippen LogP contribution in [0.2, 0.25) is 0 Å². The molecule has 0 bridgehead atoms. The van der Waals surface area contributed by atoms with Crippen molar-refractivity contribution in [3.05, 3.63) is 32.4 Å². The van der Waals surface area contributed by atoms with Gasteiger partial charge in [0.25, 0.3) is 0 Å². The average Bonchev–Trinajstić information content (AvgIpc) is 2.83. The van der Waals surface area contributed by atoms with Crippen LogP contribution in [-0.2, 0) is 0 Å². The zero-order chi connectivity index (χ0) is 12.6. The van der Waals surface area contributed by atoms with Crippen LogP contribution in [0.1, 0.15) is 42.4 Å². The van der Waals surface area contributed by atoms with E-state index in [4.69, 9.17) is 0 Å². The molecule has 0 aliphatic heterocycles. The Bertz CT molecular complexity index is 521. The summed E-state index contributed by atoms with van der Waals surface area (Å²) in [7, 11) is 0. The molecule has 0 saturated carbocycles. The van der Waals surface area contributed by atoms with Crippen LogP contribution in [0.3, 0.4) is 0 Å². The molecule has 0 amide bonds. The summed E-state index contributed by atoms with van der Waals surface area (Å²) in [5, 5.41) is 17.4. The van der Waals surface area contributed by atoms with Crippen LogP contribution in [0.25, 0.3) is 0 Å². The highest BCUT2D eigenvalue weighted by Crippen LogP contribution is 2.30. The molecule has 1 N–H and O–H groups in total. The minimum atomic E-state index is -0.737. The highest BCUT2D eigenvalue weighted by atomic mass is 79.9. The highest BCUT2D eigenvalue weighted by Gasteiger charge is 2.22. The van der Waals surface area contributed by atoms with Crippen molar-refractivity contribution in [2.75, 3.05) is 0 Å². The van der Waals surface area contributed by atoms with E-state index in [1.165, 1.54) is 11.3 Å². The molecule has 0 aliphatic rings. The van der Waals surface area contributed by atoms with Crippen LogP contribution in [0.15, 0.2) is 16.0 Å². The van der Waals surface area contributed by atoms with Crippen LogP contribution in [0, 0.1) is 6.92 Å². The normalized spacial score (nSPS) is 13.3. The fourth-order valence-electron chi connectivity index (χ4n) is 1.66. The molecular formula is C11H14BrN3OS. The van der Waals surface area contributed by atoms with Gasteiger partial charge in [0.1, 0.15) is 6.10 Å². The van der Waals surface area contributed by atoms with Gasteiger partial charge in [0.15, 0.2) is 0 Å². The molecule has 0 aromatic carbocycles. The third-order valence-electron chi connectivity index (χ3n) is 2.45. The monoisotopic (exact) mass is 315 g/mol. The molecule has 92 valence electrons. The van der Waals surface area contributed by atoms with E-state index in [-0.39, 0.29) is 6.04 Å². The van der Waals surface area contributed by atoms with Crippen molar-refractivity contribution in [1.29, 1.82) is 0 Å². The number of aromatic nitrogens is 3. The van der Waals surface area contributed by atoms with Crippen LogP contribution >= 0.6 is 27.3 Å². The van der Waals surface area contributed by atoms with Gasteiger partial charge >= 0.3 is 0 Å². The molecule has 17 heavy (non-hydrogen) atoms. The Morgan fingerprint density at radius 1 is 1.47 bits per heavy atom. The van der Waals surface area contributed by atoms with E-state index in [1.54, 1.807) is 6.20 Å². The predicted molar refractivity (Wildman–Crippen MR) is 71.2 cm³/mol. The van der Waals surface area contributed by atoms with Gasteiger partial charge in [-0.15, -0.1) is 11.3 Å². The first-order chi connectivity index (χ1) is 8.00. The van der Waals surface area contributed by atoms with Crippen molar-refractivity contribution >= 4 is 27.3 Å². The van der Waals surface area contributed by atoms with Gasteiger partial charge in [-0.2, -0.15) is 5.10 Å². The second kappa shape index (κ2) is 4.88. The zero-order valence-electron chi connectivity index (χ0n) is 9.88. The van der Waals surface area contributed by atoms with Crippen molar-refractivity contribution in [2.45, 2.75) is 32.9 Å². The average molecular weight is 316 g/mol. The van der Waals surface area contributed by atoms with Gasteiger partial charge < -0.3 is 5.11 Å². The topological polar surface area (TPSA) is 50.9 Å². The quantitative estimate of drug-likeness (QED) is 0.947. The van der Waals surface area contributed by atoms with Gasteiger partial charge in [-0.3, -0.25) is 4.68 Å². The largest absolute Gasteiger partial charge is 0.380 e. The molecule has 2 aromatic rings. The Morgan fingerprint density at radius 2 is 2.18 bits per heavy atom. The lowest BCUT2D eigenvalue weighted by Gasteiger charge is -2.15. The van der Waals surface area contributed by atoms with E-state index < -0.39 is 6.10 Å². The molecule has 2 aromatic heterocycles. The van der Waals surface area contributed by atoms with E-state index in [0.29, 0.717) is 5.69 Å². The first-order valence-corrected chi connectivity index (χ1v) is 7.01. The van der Waals surface area contributed by atoms with Crippen LogP contribution < -0.4 is 0 Å². The minimum Gasteiger partial charge on any atom is -0.380 e. The van der Waals surface area contributed by atoms with Crippen molar-refractivity contribution in [3.8, 4) is 0 Å². The van der Waals surface area contributed by atoms with Gasteiger partial charge in [0.05, 0.1) is 27.1 Å². The number of aliphatic hydroxyl groups is 1. The maximum atomic E-state index is 10.4. The number of aryl methyl sites for hydroxylation is 1. The lowest BCUT2D eigenvalue weighted by molar-refractivity contribution is 0.200. The molecule has 0 fully saturated rings. The third kappa shape index (κ3) is 2.43. The molecule has 2 heterocycles. The van der Waals surface area contributed by atoms with Gasteiger partial charge in [-0.1, -0.05) is 0 Å². The van der Waals surface area contributed by atoms with Crippen LogP contribution in [0.4, 0.5) is 0 Å². The molecule has 4 nitrogen and oxygen atoms in total. The summed E-state index contributed by atoms with van der Waals surface area (Å²) < 4.78 is 2.62. The van der Waals surface area contributed by atoms with E-state index in [0.717, 1.165) is 15.2 Å². The van der Waals surface area contributed by atoms with E-state index >= 15 is 0 Å². The van der Waals surface area contributed by atoms with E-state index in [9.17, 15) is 5.11 Å². The van der Waals surface area contributed by atoms with Gasteiger partial charge in [0, 0.05) is 11.4 Å². The molecular weight excluding hydrogens is 302 g/mol. The Kier molecular flexibility index (Phi) is 3.65. The SMILES string of the molecule is Cc1nc(C(O)c2c(Br)cnn2C(C)C)cs1. The molecule has 2 rings (SSSR count). The summed E-state index contributed by atoms with van der Waals surface area (Å²) in [6.45, 7) is 5.99. The lowest BCUT2D eigenvalue weighted by atomic mass is 10.2. The number of hydrogen-bond acceptors (Lipinski definition) is 4. The Hall–Kier alpha value is -0.720. The number of thiazole rings is 1. The minimum absolute atomic E-state index is 0.200. The summed E-state index contributed by atoms with van der Waals surface area (Å²) in [4.78, 5) is 4.31. The second-order valence-electron chi connectivity index (χ2n) is 4.11. The third-order valence-corrected chi connectivity index (χ3v) is 3.85. The van der Waals surface area contributed by atoms with Gasteiger partial charge in [0.2, 0.25) is 0 Å². The molecule has 1 unspecified atom stereocenters. The fourth-order valence-corrected chi connectivity index (χ4v) is 2.78. The smallest absolute Gasteiger partial charge is 0.139 e. The Morgan fingerprint density at radius 3 is 2.71 bits per heavy atom. The lowest BCUT2D eigenvalue weighted by Crippen LogP contribution is -2.12. The first-order valence-electron chi connectivity index (χ1n) is 5.33. The summed E-state index contributed by atoms with van der Waals surface area (Å²) in [5.41, 5.74) is 1.43. The maximum Gasteiger partial charge on any atom is 0.139 e. The molecule has 0 aliphatic carbocycles. The second-order valence-corrected chi connectivity index (χ2v) is 6.03. The fraction of sp³-hybridized carbons (Fsp3) is 0.455. The summed E-state index contributed by atoms with van der Waals surface area (Å²) >= 11 is 4.96. The summed E-state index contributed by atoms with van der Waals surface area (Å²) in [6, 6.07) is 0.200. The molecule has 0 spiro atoms. The number of rotatable bonds is 3. The van der Waals surface area contributed by atoms with Crippen molar-refractivity contribution in [2.24, 2.45) is 0 Å². The van der Waals surface area contributed by atoms with E-state index in [2.05, 4.69) is 26.0 Å².